The topological polar surface area (TPSA) is 59.0 Å². The molecule has 5 heteroatoms. The molecule has 1 heterocycles. The van der Waals surface area contributed by atoms with E-state index in [2.05, 4.69) is 0 Å². The zero-order valence-electron chi connectivity index (χ0n) is 12.3. The van der Waals surface area contributed by atoms with E-state index in [-0.39, 0.29) is 17.6 Å². The van der Waals surface area contributed by atoms with E-state index in [4.69, 9.17) is 9.47 Å². The number of ether oxygens (including phenoxy) is 2. The summed E-state index contributed by atoms with van der Waals surface area (Å²) in [5, 5.41) is 9.89. The van der Waals surface area contributed by atoms with Crippen LogP contribution >= 0.6 is 0 Å². The van der Waals surface area contributed by atoms with Gasteiger partial charge in [0.1, 0.15) is 5.60 Å². The molecule has 2 unspecified atom stereocenters. The van der Waals surface area contributed by atoms with Crippen LogP contribution in [0.15, 0.2) is 0 Å². The van der Waals surface area contributed by atoms with Crippen molar-refractivity contribution in [2.75, 3.05) is 19.7 Å². The van der Waals surface area contributed by atoms with Crippen molar-refractivity contribution >= 4 is 6.09 Å². The molecule has 1 saturated carbocycles. The van der Waals surface area contributed by atoms with E-state index < -0.39 is 11.7 Å². The van der Waals surface area contributed by atoms with Crippen molar-refractivity contribution in [3.8, 4) is 0 Å². The SMILES string of the molecule is CC(O)C1(C2CN(C(=O)OC(C)(C)C)CCO2)CC1. The number of aliphatic hydroxyl groups is 1. The Morgan fingerprint density at radius 2 is 2.11 bits per heavy atom. The van der Waals surface area contributed by atoms with E-state index in [9.17, 15) is 9.90 Å². The number of hydrogen-bond donors (Lipinski definition) is 1. The summed E-state index contributed by atoms with van der Waals surface area (Å²) in [5.74, 6) is 0. The second-order valence-electron chi connectivity index (χ2n) is 6.69. The third-order valence-electron chi connectivity index (χ3n) is 4.02. The van der Waals surface area contributed by atoms with Crippen LogP contribution in [-0.2, 0) is 9.47 Å². The number of carbonyl (C=O) groups is 1. The van der Waals surface area contributed by atoms with Gasteiger partial charge in [-0.05, 0) is 40.5 Å². The molecule has 0 aromatic rings. The van der Waals surface area contributed by atoms with Crippen LogP contribution < -0.4 is 0 Å². The van der Waals surface area contributed by atoms with Crippen molar-refractivity contribution < 1.29 is 19.4 Å². The van der Waals surface area contributed by atoms with Gasteiger partial charge >= 0.3 is 6.09 Å². The normalized spacial score (nSPS) is 27.8. The number of amides is 1. The molecule has 0 radical (unpaired) electrons. The number of nitrogens with zero attached hydrogens (tertiary/aromatic N) is 1. The van der Waals surface area contributed by atoms with Gasteiger partial charge in [-0.3, -0.25) is 0 Å². The number of carbonyl (C=O) groups excluding carboxylic acids is 1. The summed E-state index contributed by atoms with van der Waals surface area (Å²) in [7, 11) is 0. The Kier molecular flexibility index (Phi) is 3.80. The summed E-state index contributed by atoms with van der Waals surface area (Å²) in [6, 6.07) is 0. The molecular weight excluding hydrogens is 246 g/mol. The summed E-state index contributed by atoms with van der Waals surface area (Å²) >= 11 is 0. The van der Waals surface area contributed by atoms with Gasteiger partial charge in [0.15, 0.2) is 0 Å². The lowest BCUT2D eigenvalue weighted by Crippen LogP contribution is -2.52. The maximum Gasteiger partial charge on any atom is 0.410 e. The standard InChI is InChI=1S/C14H25NO4/c1-10(16)14(5-6-14)11-9-15(7-8-18-11)12(17)19-13(2,3)4/h10-11,16H,5-9H2,1-4H3. The largest absolute Gasteiger partial charge is 0.444 e. The Labute approximate surface area is 114 Å². The smallest absolute Gasteiger partial charge is 0.410 e. The van der Waals surface area contributed by atoms with Crippen LogP contribution in [0.4, 0.5) is 4.79 Å². The molecule has 5 nitrogen and oxygen atoms in total. The maximum absolute atomic E-state index is 12.1. The van der Waals surface area contributed by atoms with Gasteiger partial charge in [0.2, 0.25) is 0 Å². The van der Waals surface area contributed by atoms with Gasteiger partial charge in [0.25, 0.3) is 0 Å². The maximum atomic E-state index is 12.1. The van der Waals surface area contributed by atoms with Crippen molar-refractivity contribution in [1.29, 1.82) is 0 Å². The molecule has 2 aliphatic rings. The minimum Gasteiger partial charge on any atom is -0.444 e. The van der Waals surface area contributed by atoms with Crippen LogP contribution in [0.25, 0.3) is 0 Å². The number of hydrogen-bond acceptors (Lipinski definition) is 4. The molecule has 19 heavy (non-hydrogen) atoms. The Bertz CT molecular complexity index is 344. The molecule has 1 aliphatic carbocycles. The van der Waals surface area contributed by atoms with Crippen molar-refractivity contribution in [1.82, 2.24) is 4.90 Å². The molecule has 0 spiro atoms. The molecule has 0 aromatic carbocycles. The summed E-state index contributed by atoms with van der Waals surface area (Å²) in [6.07, 6.45) is 1.18. The molecule has 2 fully saturated rings. The fourth-order valence-electron chi connectivity index (χ4n) is 2.64. The van der Waals surface area contributed by atoms with E-state index in [0.717, 1.165) is 12.8 Å². The predicted octanol–water partition coefficient (Wildman–Crippen LogP) is 1.78. The second-order valence-corrected chi connectivity index (χ2v) is 6.69. The molecule has 0 aromatic heterocycles. The van der Waals surface area contributed by atoms with Gasteiger partial charge in [-0.2, -0.15) is 0 Å². The first kappa shape index (κ1) is 14.6. The molecule has 1 amide bonds. The summed E-state index contributed by atoms with van der Waals surface area (Å²) in [6.45, 7) is 8.98. The van der Waals surface area contributed by atoms with Crippen LogP contribution in [0.1, 0.15) is 40.5 Å². The Morgan fingerprint density at radius 3 is 2.58 bits per heavy atom. The lowest BCUT2D eigenvalue weighted by Gasteiger charge is -2.38. The Balaban J connectivity index is 1.96. The summed E-state index contributed by atoms with van der Waals surface area (Å²) in [5.41, 5.74) is -0.632. The van der Waals surface area contributed by atoms with Gasteiger partial charge in [0.05, 0.1) is 25.4 Å². The minimum atomic E-state index is -0.480. The number of rotatable bonds is 2. The third-order valence-corrected chi connectivity index (χ3v) is 4.02. The highest BCUT2D eigenvalue weighted by atomic mass is 16.6. The first-order valence-electron chi connectivity index (χ1n) is 7.02. The molecular formula is C14H25NO4. The Morgan fingerprint density at radius 1 is 1.47 bits per heavy atom. The highest BCUT2D eigenvalue weighted by Gasteiger charge is 2.55. The highest BCUT2D eigenvalue weighted by molar-refractivity contribution is 5.68. The molecule has 0 bridgehead atoms. The minimum absolute atomic E-state index is 0.0752. The van der Waals surface area contributed by atoms with Gasteiger partial charge in [-0.25, -0.2) is 4.79 Å². The molecule has 1 aliphatic heterocycles. The molecule has 1 N–H and O–H groups in total. The van der Waals surface area contributed by atoms with Crippen LogP contribution in [0.3, 0.4) is 0 Å². The molecule has 2 atom stereocenters. The summed E-state index contributed by atoms with van der Waals surface area (Å²) in [4.78, 5) is 13.8. The lowest BCUT2D eigenvalue weighted by molar-refractivity contribution is -0.0947. The quantitative estimate of drug-likeness (QED) is 0.831. The van der Waals surface area contributed by atoms with Crippen LogP contribution in [0, 0.1) is 5.41 Å². The van der Waals surface area contributed by atoms with E-state index in [0.29, 0.717) is 19.7 Å². The second kappa shape index (κ2) is 4.94. The number of aliphatic hydroxyl groups excluding tert-OH is 1. The lowest BCUT2D eigenvalue weighted by atomic mass is 9.92. The van der Waals surface area contributed by atoms with E-state index in [1.54, 1.807) is 4.90 Å². The number of morpholine rings is 1. The zero-order valence-corrected chi connectivity index (χ0v) is 12.3. The van der Waals surface area contributed by atoms with Gasteiger partial charge in [-0.15, -0.1) is 0 Å². The average Bonchev–Trinajstić information content (AvgIpc) is 3.08. The highest BCUT2D eigenvalue weighted by Crippen LogP contribution is 2.53. The fourth-order valence-corrected chi connectivity index (χ4v) is 2.64. The predicted molar refractivity (Wildman–Crippen MR) is 70.9 cm³/mol. The van der Waals surface area contributed by atoms with E-state index in [1.807, 2.05) is 27.7 Å². The van der Waals surface area contributed by atoms with Crippen LogP contribution in [-0.4, -0.2) is 53.6 Å². The summed E-state index contributed by atoms with van der Waals surface area (Å²) < 4.78 is 11.2. The third kappa shape index (κ3) is 3.20. The van der Waals surface area contributed by atoms with Crippen LogP contribution in [0.2, 0.25) is 0 Å². The first-order chi connectivity index (χ1) is 8.74. The fraction of sp³-hybridized carbons (Fsp3) is 0.929. The van der Waals surface area contributed by atoms with Gasteiger partial charge in [0, 0.05) is 12.0 Å². The van der Waals surface area contributed by atoms with Gasteiger partial charge < -0.3 is 19.5 Å². The van der Waals surface area contributed by atoms with E-state index in [1.165, 1.54) is 0 Å². The van der Waals surface area contributed by atoms with Gasteiger partial charge in [-0.1, -0.05) is 0 Å². The first-order valence-corrected chi connectivity index (χ1v) is 7.02. The van der Waals surface area contributed by atoms with Crippen LogP contribution in [0.5, 0.6) is 0 Å². The molecule has 1 saturated heterocycles. The van der Waals surface area contributed by atoms with Crippen molar-refractivity contribution in [3.63, 3.8) is 0 Å². The Hall–Kier alpha value is -0.810. The van der Waals surface area contributed by atoms with Crippen molar-refractivity contribution in [2.24, 2.45) is 5.41 Å². The zero-order chi connectivity index (χ0) is 14.3. The van der Waals surface area contributed by atoms with Crippen molar-refractivity contribution in [2.45, 2.75) is 58.3 Å². The molecule has 2 rings (SSSR count). The monoisotopic (exact) mass is 271 g/mol. The van der Waals surface area contributed by atoms with Crippen molar-refractivity contribution in [3.05, 3.63) is 0 Å². The molecule has 110 valence electrons. The average molecular weight is 271 g/mol. The van der Waals surface area contributed by atoms with E-state index >= 15 is 0 Å².